The van der Waals surface area contributed by atoms with Gasteiger partial charge in [-0.1, -0.05) is 13.0 Å². The largest absolute Gasteiger partial charge is 0.350 e. The summed E-state index contributed by atoms with van der Waals surface area (Å²) in [6, 6.07) is 3.71. The van der Waals surface area contributed by atoms with Gasteiger partial charge in [0, 0.05) is 56.4 Å². The normalized spacial score (nSPS) is 17.2. The zero-order valence-electron chi connectivity index (χ0n) is 18.1. The summed E-state index contributed by atoms with van der Waals surface area (Å²) in [7, 11) is 1.69. The first-order chi connectivity index (χ1) is 13.6. The van der Waals surface area contributed by atoms with E-state index in [4.69, 9.17) is 0 Å². The second kappa shape index (κ2) is 10.0. The quantitative estimate of drug-likeness (QED) is 0.580. The summed E-state index contributed by atoms with van der Waals surface area (Å²) in [6.45, 7) is 10.8. The smallest absolute Gasteiger partial charge is 0.239 e. The standard InChI is InChI=1S/C21H33F2N5O/c1-6-18(16-8-7-15(22)13-17(16)23)27-9-11-28(12-10-27)20(24-5)25-14-19(29)26-21(2,3)4/h7-8,13,18H,6,9-12,14H2,1-5H3,(H,24,25)(H,26,29). The lowest BCUT2D eigenvalue weighted by Crippen LogP contribution is -2.54. The molecule has 0 radical (unpaired) electrons. The lowest BCUT2D eigenvalue weighted by molar-refractivity contribution is -0.121. The Labute approximate surface area is 172 Å². The molecule has 29 heavy (non-hydrogen) atoms. The van der Waals surface area contributed by atoms with Gasteiger partial charge in [-0.2, -0.15) is 0 Å². The van der Waals surface area contributed by atoms with Crippen LogP contribution in [0.3, 0.4) is 0 Å². The van der Waals surface area contributed by atoms with E-state index < -0.39 is 11.6 Å². The Hall–Kier alpha value is -2.22. The van der Waals surface area contributed by atoms with Crippen LogP contribution in [0, 0.1) is 11.6 Å². The van der Waals surface area contributed by atoms with E-state index in [1.54, 1.807) is 13.1 Å². The highest BCUT2D eigenvalue weighted by molar-refractivity contribution is 5.86. The Morgan fingerprint density at radius 2 is 1.86 bits per heavy atom. The van der Waals surface area contributed by atoms with Gasteiger partial charge in [-0.25, -0.2) is 8.78 Å². The second-order valence-electron chi connectivity index (χ2n) is 8.31. The number of nitrogens with zero attached hydrogens (tertiary/aromatic N) is 3. The van der Waals surface area contributed by atoms with E-state index >= 15 is 0 Å². The number of guanidine groups is 1. The molecule has 1 aromatic rings. The fourth-order valence-corrected chi connectivity index (χ4v) is 3.65. The molecule has 1 fully saturated rings. The van der Waals surface area contributed by atoms with Gasteiger partial charge >= 0.3 is 0 Å². The summed E-state index contributed by atoms with van der Waals surface area (Å²) >= 11 is 0. The highest BCUT2D eigenvalue weighted by Gasteiger charge is 2.27. The third-order valence-corrected chi connectivity index (χ3v) is 4.90. The van der Waals surface area contributed by atoms with Crippen molar-refractivity contribution in [3.8, 4) is 0 Å². The average Bonchev–Trinajstić information content (AvgIpc) is 2.64. The summed E-state index contributed by atoms with van der Waals surface area (Å²) < 4.78 is 27.5. The van der Waals surface area contributed by atoms with Crippen molar-refractivity contribution < 1.29 is 13.6 Å². The second-order valence-corrected chi connectivity index (χ2v) is 8.31. The number of amides is 1. The first-order valence-corrected chi connectivity index (χ1v) is 10.1. The van der Waals surface area contributed by atoms with Crippen molar-refractivity contribution in [1.82, 2.24) is 20.4 Å². The number of aliphatic imine (C=N–C) groups is 1. The van der Waals surface area contributed by atoms with E-state index in [2.05, 4.69) is 25.4 Å². The van der Waals surface area contributed by atoms with Gasteiger partial charge in [0.25, 0.3) is 0 Å². The Kier molecular flexibility index (Phi) is 7.96. The number of piperazine rings is 1. The molecule has 0 bridgehead atoms. The van der Waals surface area contributed by atoms with E-state index in [0.29, 0.717) is 24.6 Å². The number of halogens is 2. The van der Waals surface area contributed by atoms with Crippen molar-refractivity contribution in [2.75, 3.05) is 39.8 Å². The molecular formula is C21H33F2N5O. The maximum absolute atomic E-state index is 14.3. The predicted molar refractivity (Wildman–Crippen MR) is 112 cm³/mol. The van der Waals surface area contributed by atoms with Crippen LogP contribution < -0.4 is 10.6 Å². The minimum absolute atomic E-state index is 0.0879. The van der Waals surface area contributed by atoms with E-state index in [1.807, 2.05) is 27.7 Å². The number of carbonyl (C=O) groups excluding carboxylic acids is 1. The molecule has 0 spiro atoms. The van der Waals surface area contributed by atoms with E-state index in [9.17, 15) is 13.6 Å². The molecule has 1 aliphatic rings. The molecule has 1 amide bonds. The summed E-state index contributed by atoms with van der Waals surface area (Å²) in [4.78, 5) is 20.6. The van der Waals surface area contributed by atoms with Crippen molar-refractivity contribution in [2.24, 2.45) is 4.99 Å². The monoisotopic (exact) mass is 409 g/mol. The molecule has 2 N–H and O–H groups in total. The van der Waals surface area contributed by atoms with Crippen LogP contribution in [0.5, 0.6) is 0 Å². The highest BCUT2D eigenvalue weighted by Crippen LogP contribution is 2.28. The first-order valence-electron chi connectivity index (χ1n) is 10.1. The van der Waals surface area contributed by atoms with Gasteiger partial charge in [-0.05, 0) is 33.3 Å². The molecule has 1 aromatic carbocycles. The minimum atomic E-state index is -0.559. The molecule has 8 heteroatoms. The fourth-order valence-electron chi connectivity index (χ4n) is 3.65. The molecule has 0 aliphatic carbocycles. The Bertz CT molecular complexity index is 724. The number of rotatable bonds is 5. The van der Waals surface area contributed by atoms with Gasteiger partial charge in [-0.15, -0.1) is 0 Å². The SMILES string of the molecule is CCC(c1ccc(F)cc1F)N1CCN(C(=NC)NCC(=O)NC(C)(C)C)CC1. The fraction of sp³-hybridized carbons (Fsp3) is 0.619. The minimum Gasteiger partial charge on any atom is -0.350 e. The van der Waals surface area contributed by atoms with Crippen LogP contribution in [-0.4, -0.2) is 67.0 Å². The third-order valence-electron chi connectivity index (χ3n) is 4.90. The summed E-state index contributed by atoms with van der Waals surface area (Å²) in [5.74, 6) is -0.470. The van der Waals surface area contributed by atoms with Gasteiger partial charge in [0.2, 0.25) is 5.91 Å². The summed E-state index contributed by atoms with van der Waals surface area (Å²) in [5.41, 5.74) is 0.252. The molecule has 162 valence electrons. The zero-order valence-corrected chi connectivity index (χ0v) is 18.1. The maximum Gasteiger partial charge on any atom is 0.239 e. The van der Waals surface area contributed by atoms with E-state index in [0.717, 1.165) is 25.6 Å². The number of benzene rings is 1. The van der Waals surface area contributed by atoms with Crippen molar-refractivity contribution in [1.29, 1.82) is 0 Å². The van der Waals surface area contributed by atoms with Gasteiger partial charge in [0.15, 0.2) is 5.96 Å². The van der Waals surface area contributed by atoms with Crippen molar-refractivity contribution in [3.05, 3.63) is 35.4 Å². The van der Waals surface area contributed by atoms with Crippen LogP contribution >= 0.6 is 0 Å². The van der Waals surface area contributed by atoms with Crippen LogP contribution in [0.25, 0.3) is 0 Å². The van der Waals surface area contributed by atoms with Crippen LogP contribution in [0.4, 0.5) is 8.78 Å². The molecular weight excluding hydrogens is 376 g/mol. The van der Waals surface area contributed by atoms with Gasteiger partial charge < -0.3 is 15.5 Å². The molecule has 6 nitrogen and oxygen atoms in total. The predicted octanol–water partition coefficient (Wildman–Crippen LogP) is 2.52. The molecule has 0 saturated carbocycles. The Morgan fingerprint density at radius 1 is 1.21 bits per heavy atom. The van der Waals surface area contributed by atoms with Crippen molar-refractivity contribution in [3.63, 3.8) is 0 Å². The topological polar surface area (TPSA) is 60.0 Å². The highest BCUT2D eigenvalue weighted by atomic mass is 19.1. The van der Waals surface area contributed by atoms with E-state index in [-0.39, 0.29) is 24.0 Å². The Balaban J connectivity index is 1.93. The third kappa shape index (κ3) is 6.66. The van der Waals surface area contributed by atoms with Crippen molar-refractivity contribution in [2.45, 2.75) is 45.7 Å². The van der Waals surface area contributed by atoms with Crippen molar-refractivity contribution >= 4 is 11.9 Å². The van der Waals surface area contributed by atoms with Crippen LogP contribution in [0.2, 0.25) is 0 Å². The zero-order chi connectivity index (χ0) is 21.6. The summed E-state index contributed by atoms with van der Waals surface area (Å²) in [5, 5.41) is 6.02. The first kappa shape index (κ1) is 23.1. The van der Waals surface area contributed by atoms with Crippen LogP contribution in [0.15, 0.2) is 23.2 Å². The Morgan fingerprint density at radius 3 is 2.38 bits per heavy atom. The summed E-state index contributed by atoms with van der Waals surface area (Å²) in [6.07, 6.45) is 0.739. The molecule has 1 unspecified atom stereocenters. The molecule has 1 atom stereocenters. The van der Waals surface area contributed by atoms with Gasteiger partial charge in [-0.3, -0.25) is 14.7 Å². The number of carbonyl (C=O) groups is 1. The molecule has 0 aromatic heterocycles. The molecule has 1 heterocycles. The number of hydrogen-bond donors (Lipinski definition) is 2. The lowest BCUT2D eigenvalue weighted by Gasteiger charge is -2.40. The lowest BCUT2D eigenvalue weighted by atomic mass is 10.0. The average molecular weight is 410 g/mol. The number of nitrogens with one attached hydrogen (secondary N) is 2. The van der Waals surface area contributed by atoms with Crippen LogP contribution in [-0.2, 0) is 4.79 Å². The molecule has 1 aliphatic heterocycles. The number of hydrogen-bond acceptors (Lipinski definition) is 3. The molecule has 1 saturated heterocycles. The maximum atomic E-state index is 14.3. The molecule has 2 rings (SSSR count). The van der Waals surface area contributed by atoms with Crippen LogP contribution in [0.1, 0.15) is 45.7 Å². The van der Waals surface area contributed by atoms with Gasteiger partial charge in [0.1, 0.15) is 11.6 Å². The van der Waals surface area contributed by atoms with E-state index in [1.165, 1.54) is 6.07 Å². The van der Waals surface area contributed by atoms with Gasteiger partial charge in [0.05, 0.1) is 6.54 Å².